The van der Waals surface area contributed by atoms with Crippen molar-refractivity contribution in [2.45, 2.75) is 45.6 Å². The van der Waals surface area contributed by atoms with E-state index in [0.717, 1.165) is 23.8 Å². The molecular formula is C14H28N2. The molecule has 0 aromatic heterocycles. The molecule has 1 saturated carbocycles. The van der Waals surface area contributed by atoms with Crippen LogP contribution < -0.4 is 5.32 Å². The van der Waals surface area contributed by atoms with E-state index < -0.39 is 0 Å². The van der Waals surface area contributed by atoms with Gasteiger partial charge in [-0.3, -0.25) is 0 Å². The molecule has 0 radical (unpaired) electrons. The summed E-state index contributed by atoms with van der Waals surface area (Å²) in [5.41, 5.74) is 0. The standard InChI is InChI=1S/C14H28N2/c1-11(2)12-4-6-13(7-5-12)14-10-15-8-9-16(14)3/h11-15H,4-10H2,1-3H3. The van der Waals surface area contributed by atoms with E-state index in [1.165, 1.54) is 45.3 Å². The molecule has 2 fully saturated rings. The quantitative estimate of drug-likeness (QED) is 0.774. The van der Waals surface area contributed by atoms with Crippen molar-refractivity contribution in [3.05, 3.63) is 0 Å². The highest BCUT2D eigenvalue weighted by molar-refractivity contribution is 4.87. The van der Waals surface area contributed by atoms with Gasteiger partial charge in [0.25, 0.3) is 0 Å². The topological polar surface area (TPSA) is 15.3 Å². The molecule has 1 heterocycles. The fourth-order valence-electron chi connectivity index (χ4n) is 3.55. The van der Waals surface area contributed by atoms with Gasteiger partial charge in [0.15, 0.2) is 0 Å². The Balaban J connectivity index is 1.83. The molecule has 2 nitrogen and oxygen atoms in total. The Bertz CT molecular complexity index is 207. The maximum Gasteiger partial charge on any atom is 0.0246 e. The van der Waals surface area contributed by atoms with Gasteiger partial charge in [0, 0.05) is 25.7 Å². The van der Waals surface area contributed by atoms with Crippen molar-refractivity contribution in [3.63, 3.8) is 0 Å². The molecule has 0 aromatic carbocycles. The minimum Gasteiger partial charge on any atom is -0.314 e. The van der Waals surface area contributed by atoms with E-state index in [9.17, 15) is 0 Å². The van der Waals surface area contributed by atoms with Gasteiger partial charge < -0.3 is 10.2 Å². The van der Waals surface area contributed by atoms with E-state index in [2.05, 4.69) is 31.1 Å². The highest BCUT2D eigenvalue weighted by Crippen LogP contribution is 2.35. The van der Waals surface area contributed by atoms with Crippen LogP contribution in [0.25, 0.3) is 0 Å². The lowest BCUT2D eigenvalue weighted by molar-refractivity contribution is 0.0973. The molecule has 0 bridgehead atoms. The molecule has 1 atom stereocenters. The van der Waals surface area contributed by atoms with Crippen LogP contribution in [0.4, 0.5) is 0 Å². The van der Waals surface area contributed by atoms with Gasteiger partial charge in [-0.05, 0) is 50.5 Å². The van der Waals surface area contributed by atoms with E-state index in [-0.39, 0.29) is 0 Å². The van der Waals surface area contributed by atoms with Crippen molar-refractivity contribution in [2.75, 3.05) is 26.7 Å². The van der Waals surface area contributed by atoms with E-state index >= 15 is 0 Å². The molecule has 0 aromatic rings. The predicted molar refractivity (Wildman–Crippen MR) is 69.6 cm³/mol. The molecule has 1 aliphatic carbocycles. The van der Waals surface area contributed by atoms with Gasteiger partial charge in [-0.15, -0.1) is 0 Å². The molecular weight excluding hydrogens is 196 g/mol. The fourth-order valence-corrected chi connectivity index (χ4v) is 3.55. The smallest absolute Gasteiger partial charge is 0.0246 e. The van der Waals surface area contributed by atoms with Gasteiger partial charge in [0.05, 0.1) is 0 Å². The van der Waals surface area contributed by atoms with Gasteiger partial charge in [-0.1, -0.05) is 13.8 Å². The Morgan fingerprint density at radius 1 is 1.12 bits per heavy atom. The van der Waals surface area contributed by atoms with Crippen LogP contribution in [-0.2, 0) is 0 Å². The summed E-state index contributed by atoms with van der Waals surface area (Å²) >= 11 is 0. The van der Waals surface area contributed by atoms with E-state index in [1.807, 2.05) is 0 Å². The van der Waals surface area contributed by atoms with Crippen LogP contribution in [0, 0.1) is 17.8 Å². The first kappa shape index (κ1) is 12.4. The van der Waals surface area contributed by atoms with Crippen molar-refractivity contribution in [3.8, 4) is 0 Å². The van der Waals surface area contributed by atoms with Crippen LogP contribution in [0.1, 0.15) is 39.5 Å². The second kappa shape index (κ2) is 5.50. The summed E-state index contributed by atoms with van der Waals surface area (Å²) < 4.78 is 0. The zero-order valence-electron chi connectivity index (χ0n) is 11.2. The average Bonchev–Trinajstić information content (AvgIpc) is 2.30. The highest BCUT2D eigenvalue weighted by atomic mass is 15.2. The lowest BCUT2D eigenvalue weighted by Gasteiger charge is -2.42. The Kier molecular flexibility index (Phi) is 4.26. The molecule has 2 rings (SSSR count). The molecule has 16 heavy (non-hydrogen) atoms. The molecule has 2 heteroatoms. The first-order chi connectivity index (χ1) is 7.68. The lowest BCUT2D eigenvalue weighted by atomic mass is 9.74. The van der Waals surface area contributed by atoms with Crippen LogP contribution in [0.2, 0.25) is 0 Å². The Morgan fingerprint density at radius 2 is 1.81 bits per heavy atom. The minimum atomic E-state index is 0.807. The number of nitrogens with zero attached hydrogens (tertiary/aromatic N) is 1. The van der Waals surface area contributed by atoms with Gasteiger partial charge in [-0.25, -0.2) is 0 Å². The normalized spacial score (nSPS) is 37.9. The third-order valence-corrected chi connectivity index (χ3v) is 4.86. The van der Waals surface area contributed by atoms with E-state index in [0.29, 0.717) is 0 Å². The fraction of sp³-hybridized carbons (Fsp3) is 1.00. The SMILES string of the molecule is CC(C)C1CCC(C2CNCCN2C)CC1. The van der Waals surface area contributed by atoms with Gasteiger partial charge in [0.1, 0.15) is 0 Å². The molecule has 0 spiro atoms. The summed E-state index contributed by atoms with van der Waals surface area (Å²) in [5, 5.41) is 3.55. The van der Waals surface area contributed by atoms with Crippen molar-refractivity contribution < 1.29 is 0 Å². The highest BCUT2D eigenvalue weighted by Gasteiger charge is 2.31. The van der Waals surface area contributed by atoms with Crippen LogP contribution in [0.5, 0.6) is 0 Å². The second-order valence-electron chi connectivity index (χ2n) is 6.17. The summed E-state index contributed by atoms with van der Waals surface area (Å²) in [6.07, 6.45) is 5.85. The maximum atomic E-state index is 3.55. The summed E-state index contributed by atoms with van der Waals surface area (Å²) in [4.78, 5) is 2.58. The summed E-state index contributed by atoms with van der Waals surface area (Å²) in [6, 6.07) is 0.807. The largest absolute Gasteiger partial charge is 0.314 e. The number of hydrogen-bond donors (Lipinski definition) is 1. The number of likely N-dealkylation sites (N-methyl/N-ethyl adjacent to an activating group) is 1. The molecule has 1 N–H and O–H groups in total. The molecule has 2 aliphatic rings. The summed E-state index contributed by atoms with van der Waals surface area (Å²) in [6.45, 7) is 8.40. The molecule has 1 unspecified atom stereocenters. The zero-order chi connectivity index (χ0) is 11.5. The number of piperazine rings is 1. The van der Waals surface area contributed by atoms with Gasteiger partial charge >= 0.3 is 0 Å². The Morgan fingerprint density at radius 3 is 2.38 bits per heavy atom. The van der Waals surface area contributed by atoms with Crippen LogP contribution in [0.15, 0.2) is 0 Å². The number of hydrogen-bond acceptors (Lipinski definition) is 2. The summed E-state index contributed by atoms with van der Waals surface area (Å²) in [5.74, 6) is 2.84. The van der Waals surface area contributed by atoms with Gasteiger partial charge in [0.2, 0.25) is 0 Å². The maximum absolute atomic E-state index is 3.55. The van der Waals surface area contributed by atoms with Crippen molar-refractivity contribution >= 4 is 0 Å². The molecule has 94 valence electrons. The van der Waals surface area contributed by atoms with E-state index in [1.54, 1.807) is 0 Å². The van der Waals surface area contributed by atoms with Crippen molar-refractivity contribution in [1.29, 1.82) is 0 Å². The third kappa shape index (κ3) is 2.78. The molecule has 1 aliphatic heterocycles. The van der Waals surface area contributed by atoms with Crippen LogP contribution in [-0.4, -0.2) is 37.6 Å². The average molecular weight is 224 g/mol. The zero-order valence-corrected chi connectivity index (χ0v) is 11.2. The van der Waals surface area contributed by atoms with Gasteiger partial charge in [-0.2, -0.15) is 0 Å². The van der Waals surface area contributed by atoms with Crippen molar-refractivity contribution in [2.24, 2.45) is 17.8 Å². The van der Waals surface area contributed by atoms with E-state index in [4.69, 9.17) is 0 Å². The molecule has 1 saturated heterocycles. The first-order valence-corrected chi connectivity index (χ1v) is 7.09. The monoisotopic (exact) mass is 224 g/mol. The Hall–Kier alpha value is -0.0800. The number of nitrogens with one attached hydrogen (secondary N) is 1. The second-order valence-corrected chi connectivity index (χ2v) is 6.17. The number of rotatable bonds is 2. The van der Waals surface area contributed by atoms with Crippen LogP contribution >= 0.6 is 0 Å². The third-order valence-electron chi connectivity index (χ3n) is 4.86. The minimum absolute atomic E-state index is 0.807. The van der Waals surface area contributed by atoms with Crippen molar-refractivity contribution in [1.82, 2.24) is 10.2 Å². The molecule has 0 amide bonds. The first-order valence-electron chi connectivity index (χ1n) is 7.09. The Labute approximate surface area is 101 Å². The predicted octanol–water partition coefficient (Wildman–Crippen LogP) is 2.35. The van der Waals surface area contributed by atoms with Crippen LogP contribution in [0.3, 0.4) is 0 Å². The summed E-state index contributed by atoms with van der Waals surface area (Å²) in [7, 11) is 2.31. The lowest BCUT2D eigenvalue weighted by Crippen LogP contribution is -2.53.